The van der Waals surface area contributed by atoms with Gasteiger partial charge >= 0.3 is 6.09 Å². The van der Waals surface area contributed by atoms with Gasteiger partial charge in [0.1, 0.15) is 11.3 Å². The van der Waals surface area contributed by atoms with Gasteiger partial charge in [-0.05, 0) is 65.1 Å². The summed E-state index contributed by atoms with van der Waals surface area (Å²) in [6, 6.07) is 4.85. The molecule has 3 rings (SSSR count). The minimum absolute atomic E-state index is 0.0473. The molecule has 10 nitrogen and oxygen atoms in total. The Hall–Kier alpha value is -2.82. The molecule has 1 aliphatic heterocycles. The Morgan fingerprint density at radius 2 is 1.68 bits per heavy atom. The monoisotopic (exact) mass is 594 g/mol. The summed E-state index contributed by atoms with van der Waals surface area (Å²) < 4.78 is 5.23. The lowest BCUT2D eigenvalue weighted by Gasteiger charge is -2.32. The van der Waals surface area contributed by atoms with E-state index in [1.54, 1.807) is 18.2 Å². The Morgan fingerprint density at radius 3 is 2.35 bits per heavy atom. The number of alkyl carbamates (subject to hydrolysis) is 1. The summed E-state index contributed by atoms with van der Waals surface area (Å²) in [7, 11) is 0. The first kappa shape index (κ1) is 31.7. The second kappa shape index (κ2) is 15.3. The third-order valence-electron chi connectivity index (χ3n) is 6.55. The molecule has 40 heavy (non-hydrogen) atoms. The highest BCUT2D eigenvalue weighted by Crippen LogP contribution is 2.26. The van der Waals surface area contributed by atoms with Gasteiger partial charge in [-0.25, -0.2) is 4.79 Å². The number of halogens is 2. The van der Waals surface area contributed by atoms with Crippen molar-refractivity contribution in [1.82, 2.24) is 25.7 Å². The Bertz CT molecular complexity index is 1120. The average Bonchev–Trinajstić information content (AvgIpc) is 3.33. The van der Waals surface area contributed by atoms with Crippen molar-refractivity contribution >= 4 is 46.8 Å². The number of anilines is 1. The summed E-state index contributed by atoms with van der Waals surface area (Å²) in [5.74, 6) is -0.838. The van der Waals surface area contributed by atoms with Gasteiger partial charge in [-0.15, -0.1) is 0 Å². The molecule has 12 heteroatoms. The maximum absolute atomic E-state index is 12.9. The van der Waals surface area contributed by atoms with Crippen molar-refractivity contribution in [3.8, 4) is 0 Å². The molecule has 1 aromatic heterocycles. The molecule has 4 N–H and O–H groups in total. The van der Waals surface area contributed by atoms with Crippen molar-refractivity contribution in [1.29, 1.82) is 0 Å². The van der Waals surface area contributed by atoms with Crippen LogP contribution in [0.4, 0.5) is 10.5 Å². The van der Waals surface area contributed by atoms with Crippen molar-refractivity contribution in [2.24, 2.45) is 0 Å². The normalized spacial score (nSPS) is 14.5. The van der Waals surface area contributed by atoms with Gasteiger partial charge in [0.25, 0.3) is 11.8 Å². The number of carbonyl (C=O) groups excluding carboxylic acids is 3. The summed E-state index contributed by atoms with van der Waals surface area (Å²) in [5, 5.41) is 15.6. The number of carbonyl (C=O) groups is 3. The van der Waals surface area contributed by atoms with E-state index in [2.05, 4.69) is 31.0 Å². The van der Waals surface area contributed by atoms with Crippen LogP contribution in [0.25, 0.3) is 0 Å². The topological polar surface area (TPSA) is 128 Å². The van der Waals surface area contributed by atoms with E-state index < -0.39 is 11.5 Å². The van der Waals surface area contributed by atoms with Crippen molar-refractivity contribution in [2.45, 2.75) is 77.4 Å². The summed E-state index contributed by atoms with van der Waals surface area (Å²) in [6.07, 6.45) is 8.17. The molecule has 0 radical (unpaired) electrons. The van der Waals surface area contributed by atoms with Crippen LogP contribution in [0, 0.1) is 0 Å². The van der Waals surface area contributed by atoms with Gasteiger partial charge < -0.3 is 25.6 Å². The number of hydrogen-bond donors (Lipinski definition) is 4. The fourth-order valence-corrected chi connectivity index (χ4v) is 5.08. The van der Waals surface area contributed by atoms with Crippen LogP contribution in [0.3, 0.4) is 0 Å². The first-order chi connectivity index (χ1) is 19.0. The molecule has 1 aromatic carbocycles. The van der Waals surface area contributed by atoms with E-state index >= 15 is 0 Å². The van der Waals surface area contributed by atoms with Gasteiger partial charge in [0, 0.05) is 25.7 Å². The Morgan fingerprint density at radius 1 is 1.02 bits per heavy atom. The molecule has 0 spiro atoms. The molecule has 0 atom stereocenters. The minimum Gasteiger partial charge on any atom is -0.444 e. The number of nitrogens with zero attached hydrogens (tertiary/aromatic N) is 2. The molecule has 1 saturated heterocycles. The lowest BCUT2D eigenvalue weighted by Crippen LogP contribution is -2.45. The largest absolute Gasteiger partial charge is 0.444 e. The number of amides is 3. The molecule has 1 fully saturated rings. The lowest BCUT2D eigenvalue weighted by molar-refractivity contribution is 0.0526. The van der Waals surface area contributed by atoms with Crippen molar-refractivity contribution in [2.75, 3.05) is 31.5 Å². The number of rotatable bonds is 12. The zero-order chi connectivity index (χ0) is 29.1. The van der Waals surface area contributed by atoms with Gasteiger partial charge in [0.15, 0.2) is 0 Å². The standard InChI is InChI=1S/C28H40Cl2N6O4/c1-28(2,3)40-27(39)31-14-7-5-4-6-8-15-36-16-12-19(13-17-36)33-26(38)24-22(18-32-35-24)34-25(37)23-20(29)10-9-11-21(23)30/h9-11,18-19H,4-8,12-17H2,1-3H3,(H,31,39)(H,32,35)(H,33,38)(H,34,37). The number of hydrogen-bond acceptors (Lipinski definition) is 6. The Labute approximate surface area is 245 Å². The maximum Gasteiger partial charge on any atom is 0.407 e. The maximum atomic E-state index is 12.9. The Kier molecular flexibility index (Phi) is 12.1. The van der Waals surface area contributed by atoms with Crippen LogP contribution in [0.1, 0.15) is 86.6 Å². The van der Waals surface area contributed by atoms with E-state index in [1.165, 1.54) is 6.20 Å². The number of aromatic nitrogens is 2. The van der Waals surface area contributed by atoms with E-state index in [-0.39, 0.29) is 45.0 Å². The van der Waals surface area contributed by atoms with Gasteiger partial charge in [-0.1, -0.05) is 48.5 Å². The zero-order valence-corrected chi connectivity index (χ0v) is 25.0. The highest BCUT2D eigenvalue weighted by Gasteiger charge is 2.24. The number of likely N-dealkylation sites (tertiary alicyclic amines) is 1. The third kappa shape index (κ3) is 10.3. The predicted molar refractivity (Wildman–Crippen MR) is 157 cm³/mol. The van der Waals surface area contributed by atoms with Crippen LogP contribution in [-0.2, 0) is 4.74 Å². The smallest absolute Gasteiger partial charge is 0.407 e. The van der Waals surface area contributed by atoms with Crippen LogP contribution in [0.15, 0.2) is 24.4 Å². The molecule has 2 heterocycles. The average molecular weight is 596 g/mol. The fourth-order valence-electron chi connectivity index (χ4n) is 4.51. The van der Waals surface area contributed by atoms with Gasteiger partial charge in [-0.2, -0.15) is 5.10 Å². The van der Waals surface area contributed by atoms with Crippen molar-refractivity contribution in [3.63, 3.8) is 0 Å². The number of ether oxygens (including phenoxy) is 1. The zero-order valence-electron chi connectivity index (χ0n) is 23.4. The second-order valence-corrected chi connectivity index (χ2v) is 11.8. The predicted octanol–water partition coefficient (Wildman–Crippen LogP) is 5.64. The van der Waals surface area contributed by atoms with Crippen molar-refractivity contribution < 1.29 is 19.1 Å². The van der Waals surface area contributed by atoms with Crippen LogP contribution in [0.2, 0.25) is 10.0 Å². The van der Waals surface area contributed by atoms with Gasteiger partial charge in [0.2, 0.25) is 0 Å². The van der Waals surface area contributed by atoms with E-state index in [0.29, 0.717) is 6.54 Å². The van der Waals surface area contributed by atoms with Gasteiger partial charge in [-0.3, -0.25) is 14.7 Å². The van der Waals surface area contributed by atoms with Gasteiger partial charge in [0.05, 0.1) is 27.5 Å². The molecule has 0 saturated carbocycles. The molecule has 3 amide bonds. The van der Waals surface area contributed by atoms with E-state index in [0.717, 1.165) is 64.6 Å². The number of piperidine rings is 1. The minimum atomic E-state index is -0.517. The summed E-state index contributed by atoms with van der Waals surface area (Å²) in [5.41, 5.74) is 0.109. The number of unbranched alkanes of at least 4 members (excludes halogenated alkanes) is 4. The number of H-pyrrole nitrogens is 1. The van der Waals surface area contributed by atoms with Crippen LogP contribution in [0.5, 0.6) is 0 Å². The van der Waals surface area contributed by atoms with E-state index in [9.17, 15) is 14.4 Å². The first-order valence-corrected chi connectivity index (χ1v) is 14.6. The number of benzene rings is 1. The molecule has 220 valence electrons. The third-order valence-corrected chi connectivity index (χ3v) is 7.18. The second-order valence-electron chi connectivity index (χ2n) is 11.0. The molecular formula is C28H40Cl2N6O4. The van der Waals surface area contributed by atoms with Crippen LogP contribution >= 0.6 is 23.2 Å². The number of aromatic amines is 1. The highest BCUT2D eigenvalue weighted by molar-refractivity contribution is 6.40. The summed E-state index contributed by atoms with van der Waals surface area (Å²) in [6.45, 7) is 9.07. The summed E-state index contributed by atoms with van der Waals surface area (Å²) >= 11 is 12.3. The van der Waals surface area contributed by atoms with E-state index in [4.69, 9.17) is 27.9 Å². The molecule has 1 aliphatic rings. The molecule has 2 aromatic rings. The first-order valence-electron chi connectivity index (χ1n) is 13.8. The molecule has 0 bridgehead atoms. The van der Waals surface area contributed by atoms with Crippen molar-refractivity contribution in [3.05, 3.63) is 45.7 Å². The molecule has 0 unspecified atom stereocenters. The summed E-state index contributed by atoms with van der Waals surface area (Å²) in [4.78, 5) is 39.7. The number of nitrogens with one attached hydrogen (secondary N) is 4. The van der Waals surface area contributed by atoms with E-state index in [1.807, 2.05) is 20.8 Å². The van der Waals surface area contributed by atoms with Crippen LogP contribution in [-0.4, -0.2) is 70.8 Å². The SMILES string of the molecule is CC(C)(C)OC(=O)NCCCCCCCN1CCC(NC(=O)c2[nH]ncc2NC(=O)c2c(Cl)cccc2Cl)CC1. The quantitative estimate of drug-likeness (QED) is 0.235. The highest BCUT2D eigenvalue weighted by atomic mass is 35.5. The molecular weight excluding hydrogens is 555 g/mol. The van der Waals surface area contributed by atoms with Crippen LogP contribution < -0.4 is 16.0 Å². The molecule has 0 aliphatic carbocycles. The Balaban J connectivity index is 1.30. The fraction of sp³-hybridized carbons (Fsp3) is 0.571. The lowest BCUT2D eigenvalue weighted by atomic mass is 10.0.